The van der Waals surface area contributed by atoms with Gasteiger partial charge >= 0.3 is 6.09 Å². The molecule has 0 saturated carbocycles. The number of carbonyl (C=O) groups is 3. The van der Waals surface area contributed by atoms with E-state index in [1.54, 1.807) is 42.5 Å². The normalized spacial score (nSPS) is 15.4. The fraction of sp³-hybridized carbons (Fsp3) is 0.208. The van der Waals surface area contributed by atoms with Gasteiger partial charge in [0.05, 0.1) is 23.7 Å². The number of para-hydroxylation sites is 1. The number of benzene rings is 2. The lowest BCUT2D eigenvalue weighted by Gasteiger charge is -2.14. The molecule has 0 bridgehead atoms. The molecule has 9 nitrogen and oxygen atoms in total. The number of rotatable bonds is 8. The fourth-order valence-electron chi connectivity index (χ4n) is 3.92. The molecule has 1 aliphatic rings. The van der Waals surface area contributed by atoms with Crippen LogP contribution in [0.15, 0.2) is 53.9 Å². The number of hydrogen-bond donors (Lipinski definition) is 2. The standard InChI is InChI=1S/C24H20FN5O4S/c25-18-11-14(6-7-16(18)17-3-1-4-19-23(17)28-29-27-19)30-13-15(34-24(30)33)12-26-22(32)9-8-20(31)21-5-2-10-35-21/h1-7,10-11,15H,8-9,12-13H2,(H,26,32)(H,27,28,29)/t15-/m0/s1. The number of ketones is 1. The van der Waals surface area contributed by atoms with E-state index in [-0.39, 0.29) is 37.6 Å². The van der Waals surface area contributed by atoms with Crippen molar-refractivity contribution in [1.29, 1.82) is 0 Å². The number of fused-ring (bicyclic) bond motifs is 1. The summed E-state index contributed by atoms with van der Waals surface area (Å²) in [4.78, 5) is 38.5. The van der Waals surface area contributed by atoms with Crippen molar-refractivity contribution in [2.45, 2.75) is 18.9 Å². The monoisotopic (exact) mass is 493 g/mol. The molecule has 3 heterocycles. The Morgan fingerprint density at radius 2 is 2.03 bits per heavy atom. The van der Waals surface area contributed by atoms with E-state index in [1.165, 1.54) is 22.3 Å². The molecule has 1 atom stereocenters. The number of amides is 2. The first-order chi connectivity index (χ1) is 17.0. The third-order valence-electron chi connectivity index (χ3n) is 5.68. The van der Waals surface area contributed by atoms with Crippen molar-refractivity contribution < 1.29 is 23.5 Å². The molecule has 1 aliphatic heterocycles. The van der Waals surface area contributed by atoms with Crippen LogP contribution in [0.4, 0.5) is 14.9 Å². The molecule has 2 N–H and O–H groups in total. The highest BCUT2D eigenvalue weighted by Gasteiger charge is 2.33. The maximum Gasteiger partial charge on any atom is 0.414 e. The van der Waals surface area contributed by atoms with Crippen LogP contribution in [0.5, 0.6) is 0 Å². The van der Waals surface area contributed by atoms with E-state index in [4.69, 9.17) is 4.74 Å². The molecule has 0 aliphatic carbocycles. The first-order valence-electron chi connectivity index (χ1n) is 10.9. The summed E-state index contributed by atoms with van der Waals surface area (Å²) in [6.45, 7) is 0.258. The number of cyclic esters (lactones) is 1. The zero-order valence-corrected chi connectivity index (χ0v) is 19.2. The van der Waals surface area contributed by atoms with Crippen LogP contribution in [0.2, 0.25) is 0 Å². The van der Waals surface area contributed by atoms with Crippen molar-refractivity contribution in [1.82, 2.24) is 20.7 Å². The van der Waals surface area contributed by atoms with E-state index < -0.39 is 18.0 Å². The summed E-state index contributed by atoms with van der Waals surface area (Å²) in [7, 11) is 0. The average Bonchev–Trinajstić information content (AvgIpc) is 3.62. The number of nitrogens with zero attached hydrogens (tertiary/aromatic N) is 3. The molecule has 2 amide bonds. The van der Waals surface area contributed by atoms with E-state index in [9.17, 15) is 14.4 Å². The summed E-state index contributed by atoms with van der Waals surface area (Å²) in [6, 6.07) is 13.3. The summed E-state index contributed by atoms with van der Waals surface area (Å²) in [6.07, 6.45) is -1.06. The molecule has 2 aromatic heterocycles. The number of aromatic amines is 1. The number of H-pyrrole nitrogens is 1. The van der Waals surface area contributed by atoms with Gasteiger partial charge in [-0.05, 0) is 35.7 Å². The molecule has 4 aromatic rings. The first-order valence-corrected chi connectivity index (χ1v) is 11.8. The van der Waals surface area contributed by atoms with Crippen molar-refractivity contribution in [3.8, 4) is 11.1 Å². The molecule has 0 radical (unpaired) electrons. The molecule has 11 heteroatoms. The Morgan fingerprint density at radius 1 is 1.14 bits per heavy atom. The molecule has 1 fully saturated rings. The van der Waals surface area contributed by atoms with Crippen LogP contribution in [0, 0.1) is 5.82 Å². The number of ether oxygens (including phenoxy) is 1. The molecule has 2 aromatic carbocycles. The van der Waals surface area contributed by atoms with E-state index in [0.29, 0.717) is 32.7 Å². The average molecular weight is 494 g/mol. The summed E-state index contributed by atoms with van der Waals surface area (Å²) in [5.41, 5.74) is 2.44. The summed E-state index contributed by atoms with van der Waals surface area (Å²) in [5, 5.41) is 15.1. The van der Waals surface area contributed by atoms with Crippen molar-refractivity contribution in [3.05, 3.63) is 64.6 Å². The molecular formula is C24H20FN5O4S. The Morgan fingerprint density at radius 3 is 2.83 bits per heavy atom. The van der Waals surface area contributed by atoms with E-state index in [1.807, 2.05) is 5.38 Å². The van der Waals surface area contributed by atoms with Gasteiger partial charge in [0.2, 0.25) is 5.91 Å². The van der Waals surface area contributed by atoms with Crippen LogP contribution < -0.4 is 10.2 Å². The minimum Gasteiger partial charge on any atom is -0.442 e. The van der Waals surface area contributed by atoms with Gasteiger partial charge < -0.3 is 10.1 Å². The highest BCUT2D eigenvalue weighted by molar-refractivity contribution is 7.12. The van der Waals surface area contributed by atoms with Gasteiger partial charge in [-0.1, -0.05) is 18.2 Å². The van der Waals surface area contributed by atoms with Crippen LogP contribution in [0.25, 0.3) is 22.2 Å². The summed E-state index contributed by atoms with van der Waals surface area (Å²) < 4.78 is 20.4. The van der Waals surface area contributed by atoms with Gasteiger partial charge in [-0.3, -0.25) is 14.5 Å². The van der Waals surface area contributed by atoms with Crippen LogP contribution in [0.3, 0.4) is 0 Å². The van der Waals surface area contributed by atoms with Crippen LogP contribution in [0.1, 0.15) is 22.5 Å². The quantitative estimate of drug-likeness (QED) is 0.359. The zero-order chi connectivity index (χ0) is 24.4. The molecule has 0 spiro atoms. The van der Waals surface area contributed by atoms with Gasteiger partial charge in [0, 0.05) is 24.0 Å². The fourth-order valence-corrected chi connectivity index (χ4v) is 4.61. The minimum atomic E-state index is -0.622. The summed E-state index contributed by atoms with van der Waals surface area (Å²) >= 11 is 1.34. The number of halogens is 1. The van der Waals surface area contributed by atoms with Gasteiger partial charge in [-0.15, -0.1) is 11.3 Å². The Hall–Kier alpha value is -4.12. The van der Waals surface area contributed by atoms with Gasteiger partial charge in [-0.25, -0.2) is 9.18 Å². The lowest BCUT2D eigenvalue weighted by Crippen LogP contribution is -2.34. The molecule has 35 heavy (non-hydrogen) atoms. The molecule has 0 unspecified atom stereocenters. The van der Waals surface area contributed by atoms with Crippen LogP contribution in [-0.2, 0) is 9.53 Å². The van der Waals surface area contributed by atoms with Gasteiger partial charge in [0.15, 0.2) is 5.78 Å². The Kier molecular flexibility index (Phi) is 6.23. The number of nitrogens with one attached hydrogen (secondary N) is 2. The molecular weight excluding hydrogens is 473 g/mol. The molecule has 5 rings (SSSR count). The van der Waals surface area contributed by atoms with Crippen molar-refractivity contribution in [2.75, 3.05) is 18.0 Å². The predicted octanol–water partition coefficient (Wildman–Crippen LogP) is 3.93. The van der Waals surface area contributed by atoms with Crippen LogP contribution in [-0.4, -0.2) is 52.4 Å². The van der Waals surface area contributed by atoms with Gasteiger partial charge in [0.25, 0.3) is 0 Å². The van der Waals surface area contributed by atoms with Crippen molar-refractivity contribution >= 4 is 45.8 Å². The second kappa shape index (κ2) is 9.63. The highest BCUT2D eigenvalue weighted by Crippen LogP contribution is 2.32. The second-order valence-corrected chi connectivity index (χ2v) is 8.93. The lowest BCUT2D eigenvalue weighted by molar-refractivity contribution is -0.121. The van der Waals surface area contributed by atoms with Gasteiger partial charge in [0.1, 0.15) is 23.0 Å². The Labute approximate surface area is 202 Å². The molecule has 1 saturated heterocycles. The van der Waals surface area contributed by atoms with E-state index >= 15 is 4.39 Å². The third kappa shape index (κ3) is 4.76. The first kappa shape index (κ1) is 22.7. The maximum atomic E-state index is 15.0. The maximum absolute atomic E-state index is 15.0. The third-order valence-corrected chi connectivity index (χ3v) is 6.59. The largest absolute Gasteiger partial charge is 0.442 e. The number of aromatic nitrogens is 3. The topological polar surface area (TPSA) is 117 Å². The van der Waals surface area contributed by atoms with Crippen molar-refractivity contribution in [2.24, 2.45) is 0 Å². The zero-order valence-electron chi connectivity index (χ0n) is 18.4. The number of Topliss-reactive ketones (excluding diaryl/α,β-unsaturated/α-hetero) is 1. The van der Waals surface area contributed by atoms with E-state index in [2.05, 4.69) is 20.7 Å². The van der Waals surface area contributed by atoms with E-state index in [0.717, 1.165) is 0 Å². The predicted molar refractivity (Wildman–Crippen MR) is 128 cm³/mol. The Balaban J connectivity index is 1.19. The van der Waals surface area contributed by atoms with Crippen molar-refractivity contribution in [3.63, 3.8) is 0 Å². The van der Waals surface area contributed by atoms with Crippen LogP contribution >= 0.6 is 11.3 Å². The Bertz CT molecular complexity index is 1400. The smallest absolute Gasteiger partial charge is 0.414 e. The minimum absolute atomic E-state index is 0.0477. The SMILES string of the molecule is O=C(CCC(=O)c1cccs1)NC[C@H]1CN(c2ccc(-c3cccc4n[nH]nc34)c(F)c2)C(=O)O1. The highest BCUT2D eigenvalue weighted by atomic mass is 32.1. The summed E-state index contributed by atoms with van der Waals surface area (Å²) in [5.74, 6) is -0.904. The second-order valence-electron chi connectivity index (χ2n) is 7.98. The number of thiophene rings is 1. The lowest BCUT2D eigenvalue weighted by atomic mass is 10.0. The number of carbonyl (C=O) groups excluding carboxylic acids is 3. The van der Waals surface area contributed by atoms with Gasteiger partial charge in [-0.2, -0.15) is 15.4 Å². The number of anilines is 1. The molecule has 178 valence electrons. The number of hydrogen-bond acceptors (Lipinski definition) is 7.